The smallest absolute Gasteiger partial charge is 0.337 e. The van der Waals surface area contributed by atoms with Gasteiger partial charge in [0.15, 0.2) is 11.5 Å². The molecule has 2 N–H and O–H groups in total. The van der Waals surface area contributed by atoms with Crippen LogP contribution < -0.4 is 5.32 Å². The first kappa shape index (κ1) is 15.5. The fourth-order valence-electron chi connectivity index (χ4n) is 2.49. The van der Waals surface area contributed by atoms with E-state index in [-0.39, 0.29) is 11.3 Å². The molecule has 0 bridgehead atoms. The minimum Gasteiger partial charge on any atom is -0.503 e. The lowest BCUT2D eigenvalue weighted by atomic mass is 9.95. The molecule has 7 nitrogen and oxygen atoms in total. The van der Waals surface area contributed by atoms with Crippen molar-refractivity contribution in [1.82, 2.24) is 5.32 Å². The Morgan fingerprint density at radius 1 is 1.21 bits per heavy atom. The van der Waals surface area contributed by atoms with Crippen molar-refractivity contribution < 1.29 is 28.6 Å². The molecule has 2 aromatic rings. The summed E-state index contributed by atoms with van der Waals surface area (Å²) in [7, 11) is 1.27. The van der Waals surface area contributed by atoms with E-state index in [1.54, 1.807) is 12.1 Å². The van der Waals surface area contributed by atoms with E-state index in [1.807, 2.05) is 0 Å². The van der Waals surface area contributed by atoms with Crippen molar-refractivity contribution in [2.45, 2.75) is 6.04 Å². The Balaban J connectivity index is 1.96. The van der Waals surface area contributed by atoms with Crippen molar-refractivity contribution in [3.8, 4) is 0 Å². The van der Waals surface area contributed by atoms with Gasteiger partial charge < -0.3 is 19.6 Å². The summed E-state index contributed by atoms with van der Waals surface area (Å²) in [6, 6.07) is 8.32. The van der Waals surface area contributed by atoms with E-state index >= 15 is 0 Å². The van der Waals surface area contributed by atoms with Crippen molar-refractivity contribution in [2.75, 3.05) is 7.11 Å². The maximum absolute atomic E-state index is 12.5. The number of ketones is 1. The number of hydrogen-bond acceptors (Lipinski definition) is 6. The zero-order valence-corrected chi connectivity index (χ0v) is 12.6. The van der Waals surface area contributed by atoms with Crippen molar-refractivity contribution in [3.63, 3.8) is 0 Å². The SMILES string of the molecule is COC(=O)c1ccc([C@H]2NC(=O)C(O)=C2C(=O)c2ccco2)cc1. The number of amides is 1. The van der Waals surface area contributed by atoms with E-state index in [4.69, 9.17) is 4.42 Å². The van der Waals surface area contributed by atoms with Crippen molar-refractivity contribution >= 4 is 17.7 Å². The highest BCUT2D eigenvalue weighted by molar-refractivity contribution is 6.15. The maximum atomic E-state index is 12.5. The summed E-state index contributed by atoms with van der Waals surface area (Å²) in [5, 5.41) is 12.5. The molecule has 122 valence electrons. The first-order valence-corrected chi connectivity index (χ1v) is 7.03. The number of rotatable bonds is 4. The van der Waals surface area contributed by atoms with E-state index in [9.17, 15) is 19.5 Å². The Labute approximate surface area is 136 Å². The zero-order valence-electron chi connectivity index (χ0n) is 12.6. The molecule has 24 heavy (non-hydrogen) atoms. The van der Waals surface area contributed by atoms with Gasteiger partial charge in [-0.15, -0.1) is 0 Å². The number of Topliss-reactive ketones (excluding diaryl/α,β-unsaturated/α-hetero) is 1. The topological polar surface area (TPSA) is 106 Å². The third-order valence-electron chi connectivity index (χ3n) is 3.69. The Kier molecular flexibility index (Phi) is 3.91. The van der Waals surface area contributed by atoms with Gasteiger partial charge in [-0.05, 0) is 29.8 Å². The van der Waals surface area contributed by atoms with Gasteiger partial charge in [0, 0.05) is 0 Å². The van der Waals surface area contributed by atoms with Crippen LogP contribution in [0.25, 0.3) is 0 Å². The van der Waals surface area contributed by atoms with Gasteiger partial charge in [-0.1, -0.05) is 12.1 Å². The normalized spacial score (nSPS) is 16.9. The Hall–Kier alpha value is -3.35. The summed E-state index contributed by atoms with van der Waals surface area (Å²) in [6.07, 6.45) is 1.33. The quantitative estimate of drug-likeness (QED) is 0.656. The third-order valence-corrected chi connectivity index (χ3v) is 3.69. The molecule has 0 saturated heterocycles. The van der Waals surface area contributed by atoms with Gasteiger partial charge in [0.05, 0.1) is 30.6 Å². The fourth-order valence-corrected chi connectivity index (χ4v) is 2.49. The molecule has 1 aliphatic heterocycles. The minimum atomic E-state index is -0.832. The van der Waals surface area contributed by atoms with E-state index in [0.29, 0.717) is 11.1 Å². The van der Waals surface area contributed by atoms with Crippen LogP contribution in [0, 0.1) is 0 Å². The molecule has 1 atom stereocenters. The number of carbonyl (C=O) groups excluding carboxylic acids is 3. The summed E-state index contributed by atoms with van der Waals surface area (Å²) in [5.74, 6) is -2.45. The number of ether oxygens (including phenoxy) is 1. The van der Waals surface area contributed by atoms with E-state index in [2.05, 4.69) is 10.1 Å². The molecular formula is C17H13NO6. The van der Waals surface area contributed by atoms with Crippen LogP contribution in [0.3, 0.4) is 0 Å². The predicted molar refractivity (Wildman–Crippen MR) is 81.4 cm³/mol. The lowest BCUT2D eigenvalue weighted by Crippen LogP contribution is -2.23. The third kappa shape index (κ3) is 2.56. The Morgan fingerprint density at radius 3 is 2.50 bits per heavy atom. The van der Waals surface area contributed by atoms with Crippen LogP contribution in [0.4, 0.5) is 0 Å². The average Bonchev–Trinajstić information content (AvgIpc) is 3.23. The van der Waals surface area contributed by atoms with Crippen LogP contribution in [0.2, 0.25) is 0 Å². The van der Waals surface area contributed by atoms with Gasteiger partial charge in [0.25, 0.3) is 5.91 Å². The second-order valence-corrected chi connectivity index (χ2v) is 5.09. The van der Waals surface area contributed by atoms with E-state index in [0.717, 1.165) is 0 Å². The average molecular weight is 327 g/mol. The molecule has 3 rings (SSSR count). The van der Waals surface area contributed by atoms with Crippen LogP contribution in [-0.2, 0) is 9.53 Å². The van der Waals surface area contributed by atoms with E-state index < -0.39 is 29.5 Å². The molecule has 0 spiro atoms. The van der Waals surface area contributed by atoms with Gasteiger partial charge in [-0.3, -0.25) is 9.59 Å². The molecule has 1 aromatic heterocycles. The minimum absolute atomic E-state index is 0.0178. The molecule has 0 saturated carbocycles. The fraction of sp³-hybridized carbons (Fsp3) is 0.118. The molecule has 1 aromatic carbocycles. The molecular weight excluding hydrogens is 314 g/mol. The summed E-state index contributed by atoms with van der Waals surface area (Å²) >= 11 is 0. The Bertz CT molecular complexity index is 832. The molecule has 0 aliphatic carbocycles. The predicted octanol–water partition coefficient (Wildman–Crippen LogP) is 1.93. The maximum Gasteiger partial charge on any atom is 0.337 e. The molecule has 0 radical (unpaired) electrons. The van der Waals surface area contributed by atoms with Crippen LogP contribution in [0.15, 0.2) is 58.4 Å². The van der Waals surface area contributed by atoms with Crippen LogP contribution in [0.1, 0.15) is 32.5 Å². The highest BCUT2D eigenvalue weighted by Gasteiger charge is 2.38. The van der Waals surface area contributed by atoms with E-state index in [1.165, 1.54) is 37.6 Å². The molecule has 2 heterocycles. The Morgan fingerprint density at radius 2 is 1.92 bits per heavy atom. The number of methoxy groups -OCH3 is 1. The second kappa shape index (κ2) is 6.04. The number of nitrogens with one attached hydrogen (secondary N) is 1. The van der Waals surface area contributed by atoms with Crippen molar-refractivity contribution in [2.24, 2.45) is 0 Å². The molecule has 1 aliphatic rings. The number of aliphatic hydroxyl groups is 1. The zero-order chi connectivity index (χ0) is 17.3. The van der Waals surface area contributed by atoms with Crippen LogP contribution in [-0.4, -0.2) is 29.9 Å². The molecule has 0 unspecified atom stereocenters. The highest BCUT2D eigenvalue weighted by Crippen LogP contribution is 2.32. The number of benzene rings is 1. The largest absolute Gasteiger partial charge is 0.503 e. The number of esters is 1. The van der Waals surface area contributed by atoms with Crippen LogP contribution in [0.5, 0.6) is 0 Å². The summed E-state index contributed by atoms with van der Waals surface area (Å²) in [5.41, 5.74) is 0.772. The molecule has 7 heteroatoms. The number of carbonyl (C=O) groups is 3. The number of hydrogen-bond donors (Lipinski definition) is 2. The summed E-state index contributed by atoms with van der Waals surface area (Å²) in [4.78, 5) is 35.7. The second-order valence-electron chi connectivity index (χ2n) is 5.09. The summed E-state index contributed by atoms with van der Waals surface area (Å²) < 4.78 is 9.67. The van der Waals surface area contributed by atoms with Crippen LogP contribution >= 0.6 is 0 Å². The molecule has 1 amide bonds. The summed E-state index contributed by atoms with van der Waals surface area (Å²) in [6.45, 7) is 0. The number of aliphatic hydroxyl groups excluding tert-OH is 1. The lowest BCUT2D eigenvalue weighted by Gasteiger charge is -2.14. The van der Waals surface area contributed by atoms with Gasteiger partial charge >= 0.3 is 5.97 Å². The first-order chi connectivity index (χ1) is 11.5. The lowest BCUT2D eigenvalue weighted by molar-refractivity contribution is -0.119. The number of furan rings is 1. The first-order valence-electron chi connectivity index (χ1n) is 7.03. The van der Waals surface area contributed by atoms with Crippen molar-refractivity contribution in [1.29, 1.82) is 0 Å². The van der Waals surface area contributed by atoms with Gasteiger partial charge in [-0.2, -0.15) is 0 Å². The van der Waals surface area contributed by atoms with Crippen molar-refractivity contribution in [3.05, 3.63) is 70.9 Å². The highest BCUT2D eigenvalue weighted by atomic mass is 16.5. The standard InChI is InChI=1S/C17H13NO6/c1-23-17(22)10-6-4-9(5-7-10)13-12(15(20)16(21)18-13)14(19)11-3-2-8-24-11/h2-8,13,20H,1H3,(H,18,21)/t13-/m1/s1. The molecule has 0 fully saturated rings. The van der Waals surface area contributed by atoms with Gasteiger partial charge in [0.1, 0.15) is 0 Å². The van der Waals surface area contributed by atoms with Gasteiger partial charge in [0.2, 0.25) is 5.78 Å². The van der Waals surface area contributed by atoms with Gasteiger partial charge in [-0.25, -0.2) is 4.79 Å². The monoisotopic (exact) mass is 327 g/mol.